The zero-order valence-electron chi connectivity index (χ0n) is 8.27. The highest BCUT2D eigenvalue weighted by Gasteiger charge is 2.32. The van der Waals surface area contributed by atoms with E-state index in [0.717, 1.165) is 0 Å². The molecule has 0 amide bonds. The van der Waals surface area contributed by atoms with Crippen LogP contribution in [0.2, 0.25) is 0 Å². The van der Waals surface area contributed by atoms with Crippen LogP contribution in [0.1, 0.15) is 27.7 Å². The average molecular weight is 170 g/mol. The van der Waals surface area contributed by atoms with Gasteiger partial charge in [0.15, 0.2) is 0 Å². The normalized spacial score (nSPS) is 12.4. The van der Waals surface area contributed by atoms with Crippen LogP contribution >= 0.6 is 0 Å². The van der Waals surface area contributed by atoms with Crippen molar-refractivity contribution in [1.29, 1.82) is 0 Å². The Hall–Kier alpha value is -0.630. The van der Waals surface area contributed by atoms with Gasteiger partial charge in [-0.1, -0.05) is 0 Å². The number of nitrogens with one attached hydrogen (secondary N) is 1. The zero-order chi connectivity index (χ0) is 9.83. The Morgan fingerprint density at radius 2 is 1.92 bits per heavy atom. The number of hydrogen-bond acceptors (Lipinski definition) is 3. The molecule has 0 unspecified atom stereocenters. The van der Waals surface area contributed by atoms with Gasteiger partial charge in [-0.3, -0.25) is 0 Å². The average Bonchev–Trinajstić information content (AvgIpc) is 1.85. The number of rotatable bonds is 4. The van der Waals surface area contributed by atoms with Gasteiger partial charge in [0.1, 0.15) is 5.94 Å². The van der Waals surface area contributed by atoms with Gasteiger partial charge in [-0.05, 0) is 27.7 Å². The van der Waals surface area contributed by atoms with Gasteiger partial charge >= 0.3 is 0 Å². The number of carbonyl (C=O) groups excluding carboxylic acids is 1. The van der Waals surface area contributed by atoms with E-state index in [-0.39, 0.29) is 11.1 Å². The van der Waals surface area contributed by atoms with E-state index in [0.29, 0.717) is 6.54 Å². The maximum atomic E-state index is 9.89. The van der Waals surface area contributed by atoms with Crippen molar-refractivity contribution in [3.05, 3.63) is 6.08 Å². The summed E-state index contributed by atoms with van der Waals surface area (Å²) >= 11 is 0. The van der Waals surface area contributed by atoms with E-state index in [1.54, 1.807) is 5.94 Å². The molecule has 0 radical (unpaired) electrons. The van der Waals surface area contributed by atoms with Crippen LogP contribution in [0.3, 0.4) is 0 Å². The highest BCUT2D eigenvalue weighted by molar-refractivity contribution is 5.45. The molecule has 12 heavy (non-hydrogen) atoms. The molecule has 0 aliphatic carbocycles. The fraction of sp³-hybridized carbons (Fsp3) is 0.778. The predicted molar refractivity (Wildman–Crippen MR) is 50.6 cm³/mol. The van der Waals surface area contributed by atoms with Crippen LogP contribution in [0, 0.1) is 0 Å². The predicted octanol–water partition coefficient (Wildman–Crippen LogP) is 0.480. The Morgan fingerprint density at radius 3 is 2.25 bits per heavy atom. The molecule has 0 heterocycles. The molecule has 3 heteroatoms. The van der Waals surface area contributed by atoms with Gasteiger partial charge < -0.3 is 11.1 Å². The Bertz CT molecular complexity index is 185. The van der Waals surface area contributed by atoms with Crippen LogP contribution < -0.4 is 11.1 Å². The lowest BCUT2D eigenvalue weighted by atomic mass is 9.83. The summed E-state index contributed by atoms with van der Waals surface area (Å²) in [4.78, 5) is 9.89. The highest BCUT2D eigenvalue weighted by Crippen LogP contribution is 2.17. The van der Waals surface area contributed by atoms with E-state index in [4.69, 9.17) is 5.73 Å². The van der Waals surface area contributed by atoms with Crippen LogP contribution in [0.25, 0.3) is 0 Å². The second kappa shape index (κ2) is 3.85. The summed E-state index contributed by atoms with van der Waals surface area (Å²) in [6, 6.07) is 0. The summed E-state index contributed by atoms with van der Waals surface area (Å²) in [5.41, 5.74) is 5.41. The summed E-state index contributed by atoms with van der Waals surface area (Å²) in [5, 5.41) is 3.16. The molecule has 0 saturated carbocycles. The van der Waals surface area contributed by atoms with E-state index in [1.165, 1.54) is 6.08 Å². The molecule has 0 fully saturated rings. The van der Waals surface area contributed by atoms with Gasteiger partial charge in [-0.25, -0.2) is 4.79 Å². The van der Waals surface area contributed by atoms with Gasteiger partial charge in [0.05, 0.1) is 0 Å². The fourth-order valence-electron chi connectivity index (χ4n) is 0.576. The monoisotopic (exact) mass is 170 g/mol. The van der Waals surface area contributed by atoms with Crippen molar-refractivity contribution in [3.8, 4) is 0 Å². The molecule has 0 aromatic heterocycles. The smallest absolute Gasteiger partial charge is 0.121 e. The minimum absolute atomic E-state index is 0.194. The van der Waals surface area contributed by atoms with E-state index in [1.807, 2.05) is 27.7 Å². The number of hydrogen-bond donors (Lipinski definition) is 2. The summed E-state index contributed by atoms with van der Waals surface area (Å²) in [5.74, 6) is 1.71. The lowest BCUT2D eigenvalue weighted by Gasteiger charge is -2.39. The molecule has 3 N–H and O–H groups in total. The molecule has 70 valence electrons. The van der Waals surface area contributed by atoms with Gasteiger partial charge in [-0.15, -0.1) is 0 Å². The molecule has 0 atom stereocenters. The molecule has 3 nitrogen and oxygen atoms in total. The third-order valence-electron chi connectivity index (χ3n) is 2.34. The van der Waals surface area contributed by atoms with Crippen LogP contribution in [0.15, 0.2) is 6.08 Å². The molecule has 0 aromatic rings. The van der Waals surface area contributed by atoms with Crippen molar-refractivity contribution < 1.29 is 4.79 Å². The molecule has 0 aliphatic heterocycles. The topological polar surface area (TPSA) is 55.1 Å². The lowest BCUT2D eigenvalue weighted by Crippen LogP contribution is -2.60. The van der Waals surface area contributed by atoms with Crippen LogP contribution in [-0.4, -0.2) is 23.6 Å². The standard InChI is InChI=1S/C9H18N2O/c1-8(2,10)9(3,4)11-6-5-7-12/h5,11H,6,10H2,1-4H3. The minimum atomic E-state index is -0.316. The molecule has 0 rings (SSSR count). The minimum Gasteiger partial charge on any atom is -0.324 e. The SMILES string of the molecule is CC(C)(N)C(C)(C)NCC=C=O. The van der Waals surface area contributed by atoms with Crippen molar-refractivity contribution in [2.24, 2.45) is 5.73 Å². The van der Waals surface area contributed by atoms with Crippen molar-refractivity contribution in [3.63, 3.8) is 0 Å². The first-order valence-electron chi connectivity index (χ1n) is 4.04. The maximum Gasteiger partial charge on any atom is 0.121 e. The highest BCUT2D eigenvalue weighted by atomic mass is 16.1. The first-order valence-corrected chi connectivity index (χ1v) is 4.04. The van der Waals surface area contributed by atoms with Crippen molar-refractivity contribution >= 4 is 5.94 Å². The molecule has 0 bridgehead atoms. The largest absolute Gasteiger partial charge is 0.324 e. The fourth-order valence-corrected chi connectivity index (χ4v) is 0.576. The van der Waals surface area contributed by atoms with E-state index in [9.17, 15) is 4.79 Å². The van der Waals surface area contributed by atoms with Gasteiger partial charge in [0.25, 0.3) is 0 Å². The maximum absolute atomic E-state index is 9.89. The van der Waals surface area contributed by atoms with Crippen LogP contribution in [0.5, 0.6) is 0 Å². The summed E-state index contributed by atoms with van der Waals surface area (Å²) < 4.78 is 0. The first kappa shape index (κ1) is 11.4. The van der Waals surface area contributed by atoms with Crippen LogP contribution in [-0.2, 0) is 4.79 Å². The van der Waals surface area contributed by atoms with Gasteiger partial charge in [-0.2, -0.15) is 0 Å². The second-order valence-corrected chi connectivity index (χ2v) is 4.05. The molecular formula is C9H18N2O. The Balaban J connectivity index is 4.13. The molecular weight excluding hydrogens is 152 g/mol. The first-order chi connectivity index (χ1) is 5.31. The van der Waals surface area contributed by atoms with Crippen LogP contribution in [0.4, 0.5) is 0 Å². The van der Waals surface area contributed by atoms with Crippen molar-refractivity contribution in [1.82, 2.24) is 5.32 Å². The Labute approximate surface area is 74.0 Å². The molecule has 0 spiro atoms. The van der Waals surface area contributed by atoms with Crippen molar-refractivity contribution in [2.45, 2.75) is 38.8 Å². The molecule has 0 aromatic carbocycles. The Kier molecular flexibility index (Phi) is 3.65. The Morgan fingerprint density at radius 1 is 1.42 bits per heavy atom. The molecule has 0 saturated heterocycles. The summed E-state index contributed by atoms with van der Waals surface area (Å²) in [7, 11) is 0. The number of nitrogens with two attached hydrogens (primary N) is 1. The zero-order valence-corrected chi connectivity index (χ0v) is 8.27. The van der Waals surface area contributed by atoms with E-state index < -0.39 is 0 Å². The van der Waals surface area contributed by atoms with E-state index >= 15 is 0 Å². The van der Waals surface area contributed by atoms with Crippen molar-refractivity contribution in [2.75, 3.05) is 6.54 Å². The molecule has 0 aliphatic rings. The summed E-state index contributed by atoms with van der Waals surface area (Å²) in [6.45, 7) is 8.42. The third-order valence-corrected chi connectivity index (χ3v) is 2.34. The van der Waals surface area contributed by atoms with E-state index in [2.05, 4.69) is 5.32 Å². The van der Waals surface area contributed by atoms with Gasteiger partial charge in [0.2, 0.25) is 0 Å². The lowest BCUT2D eigenvalue weighted by molar-refractivity contribution is 0.251. The third kappa shape index (κ3) is 3.18. The second-order valence-electron chi connectivity index (χ2n) is 4.05. The quantitative estimate of drug-likeness (QED) is 0.603. The summed E-state index contributed by atoms with van der Waals surface area (Å²) in [6.07, 6.45) is 1.41. The van der Waals surface area contributed by atoms with Gasteiger partial charge in [0, 0.05) is 23.7 Å².